The number of ether oxygens (including phenoxy) is 2. The number of hydrogen-bond acceptors (Lipinski definition) is 2. The van der Waals surface area contributed by atoms with Crippen LogP contribution < -0.4 is 9.47 Å². The Bertz CT molecular complexity index is 356. The molecule has 0 aliphatic carbocycles. The van der Waals surface area contributed by atoms with Gasteiger partial charge in [-0.3, -0.25) is 0 Å². The molecule has 0 fully saturated rings. The summed E-state index contributed by atoms with van der Waals surface area (Å²) in [5.41, 5.74) is 1.00. The normalized spacial score (nSPS) is 12.3. The van der Waals surface area contributed by atoms with E-state index in [0.717, 1.165) is 17.1 Å². The third-order valence-corrected chi connectivity index (χ3v) is 2.26. The van der Waals surface area contributed by atoms with Gasteiger partial charge in [-0.15, -0.1) is 6.58 Å². The summed E-state index contributed by atoms with van der Waals surface area (Å²) in [6, 6.07) is 5.74. The lowest BCUT2D eigenvalue weighted by Crippen LogP contribution is -2.08. The lowest BCUT2D eigenvalue weighted by atomic mass is 10.00. The smallest absolute Gasteiger partial charge is 0.123 e. The number of rotatable bonds is 5. The molecule has 2 nitrogen and oxygen atoms in total. The Kier molecular flexibility index (Phi) is 4.41. The minimum atomic E-state index is 0.00356. The van der Waals surface area contributed by atoms with E-state index in [9.17, 15) is 0 Å². The van der Waals surface area contributed by atoms with Gasteiger partial charge in [-0.1, -0.05) is 6.08 Å². The first-order valence-electron chi connectivity index (χ1n) is 5.38. The van der Waals surface area contributed by atoms with Crippen LogP contribution in [0.3, 0.4) is 0 Å². The quantitative estimate of drug-likeness (QED) is 0.705. The van der Waals surface area contributed by atoms with E-state index in [2.05, 4.69) is 13.5 Å². The van der Waals surface area contributed by atoms with Gasteiger partial charge in [-0.2, -0.15) is 0 Å². The fourth-order valence-corrected chi connectivity index (χ4v) is 1.43. The number of allylic oxidation sites excluding steroid dienone is 1. The third kappa shape index (κ3) is 3.02. The van der Waals surface area contributed by atoms with E-state index in [-0.39, 0.29) is 12.0 Å². The van der Waals surface area contributed by atoms with Gasteiger partial charge in [0.25, 0.3) is 0 Å². The van der Waals surface area contributed by atoms with Crippen molar-refractivity contribution in [1.82, 2.24) is 0 Å². The number of methoxy groups -OCH3 is 1. The molecular weight excluding hydrogens is 200 g/mol. The van der Waals surface area contributed by atoms with Crippen molar-refractivity contribution >= 4 is 0 Å². The molecule has 0 bridgehead atoms. The molecule has 2 heteroatoms. The molecule has 87 valence electrons. The predicted octanol–water partition coefficient (Wildman–Crippen LogP) is 3.59. The first kappa shape index (κ1) is 12.6. The standard InChI is InChI=1S/C14H19O2/c1-6-11(4)13-9-12(15-5)7-8-14(13)16-10(2)3/h6-11H,1,4H2,2-3,5H3. The van der Waals surface area contributed by atoms with Gasteiger partial charge in [-0.25, -0.2) is 0 Å². The van der Waals surface area contributed by atoms with Crippen molar-refractivity contribution in [3.8, 4) is 11.5 Å². The summed E-state index contributed by atoms with van der Waals surface area (Å²) >= 11 is 0. The van der Waals surface area contributed by atoms with E-state index >= 15 is 0 Å². The maximum Gasteiger partial charge on any atom is 0.123 e. The Balaban J connectivity index is 3.10. The summed E-state index contributed by atoms with van der Waals surface area (Å²) in [4.78, 5) is 0. The van der Waals surface area contributed by atoms with Crippen molar-refractivity contribution in [2.45, 2.75) is 25.9 Å². The van der Waals surface area contributed by atoms with Gasteiger partial charge >= 0.3 is 0 Å². The molecule has 16 heavy (non-hydrogen) atoms. The summed E-state index contributed by atoms with van der Waals surface area (Å²) < 4.78 is 10.9. The summed E-state index contributed by atoms with van der Waals surface area (Å²) in [7, 11) is 1.65. The van der Waals surface area contributed by atoms with Gasteiger partial charge in [0, 0.05) is 11.5 Å². The van der Waals surface area contributed by atoms with Crippen LogP contribution in [0.5, 0.6) is 11.5 Å². The second-order valence-electron chi connectivity index (χ2n) is 3.91. The summed E-state index contributed by atoms with van der Waals surface area (Å²) in [6.45, 7) is 11.8. The second-order valence-corrected chi connectivity index (χ2v) is 3.91. The molecule has 0 amide bonds. The van der Waals surface area contributed by atoms with E-state index in [0.29, 0.717) is 0 Å². The highest BCUT2D eigenvalue weighted by atomic mass is 16.5. The fraction of sp³-hybridized carbons (Fsp3) is 0.357. The van der Waals surface area contributed by atoms with Crippen LogP contribution in [0.15, 0.2) is 30.9 Å². The molecule has 0 saturated carbocycles. The number of hydrogen-bond donors (Lipinski definition) is 0. The largest absolute Gasteiger partial charge is 0.497 e. The minimum Gasteiger partial charge on any atom is -0.497 e. The van der Waals surface area contributed by atoms with Gasteiger partial charge in [0.05, 0.1) is 13.2 Å². The molecule has 1 radical (unpaired) electrons. The molecule has 1 aromatic rings. The highest BCUT2D eigenvalue weighted by Crippen LogP contribution is 2.31. The van der Waals surface area contributed by atoms with E-state index in [1.807, 2.05) is 32.0 Å². The Morgan fingerprint density at radius 1 is 1.31 bits per heavy atom. The van der Waals surface area contributed by atoms with Gasteiger partial charge in [0.1, 0.15) is 11.5 Å². The Morgan fingerprint density at radius 3 is 2.50 bits per heavy atom. The molecule has 0 N–H and O–H groups in total. The summed E-state index contributed by atoms with van der Waals surface area (Å²) in [5, 5.41) is 0. The van der Waals surface area contributed by atoms with E-state index in [4.69, 9.17) is 9.47 Å². The monoisotopic (exact) mass is 219 g/mol. The van der Waals surface area contributed by atoms with Crippen molar-refractivity contribution < 1.29 is 9.47 Å². The zero-order chi connectivity index (χ0) is 12.1. The first-order chi connectivity index (χ1) is 7.58. The van der Waals surface area contributed by atoms with Crippen LogP contribution in [0.2, 0.25) is 0 Å². The van der Waals surface area contributed by atoms with E-state index in [1.54, 1.807) is 13.2 Å². The molecule has 1 unspecified atom stereocenters. The molecule has 1 atom stereocenters. The molecule has 0 heterocycles. The van der Waals surface area contributed by atoms with Gasteiger partial charge in [0.15, 0.2) is 0 Å². The zero-order valence-electron chi connectivity index (χ0n) is 10.2. The molecule has 0 saturated heterocycles. The van der Waals surface area contributed by atoms with Crippen molar-refractivity contribution in [2.24, 2.45) is 0 Å². The Labute approximate surface area is 97.9 Å². The van der Waals surface area contributed by atoms with Crippen LogP contribution in [0.1, 0.15) is 25.3 Å². The summed E-state index contributed by atoms with van der Waals surface area (Å²) in [6.07, 6.45) is 1.94. The fourth-order valence-electron chi connectivity index (χ4n) is 1.43. The Hall–Kier alpha value is -1.44. The van der Waals surface area contributed by atoms with Crippen molar-refractivity contribution in [1.29, 1.82) is 0 Å². The predicted molar refractivity (Wildman–Crippen MR) is 67.1 cm³/mol. The van der Waals surface area contributed by atoms with Crippen molar-refractivity contribution in [3.05, 3.63) is 43.3 Å². The third-order valence-electron chi connectivity index (χ3n) is 2.26. The average Bonchev–Trinajstić information content (AvgIpc) is 2.28. The van der Waals surface area contributed by atoms with Crippen molar-refractivity contribution in [3.63, 3.8) is 0 Å². The molecule has 1 rings (SSSR count). The van der Waals surface area contributed by atoms with Gasteiger partial charge in [-0.05, 0) is 39.0 Å². The first-order valence-corrected chi connectivity index (χ1v) is 5.38. The molecule has 0 spiro atoms. The van der Waals surface area contributed by atoms with Crippen LogP contribution in [0.25, 0.3) is 0 Å². The molecule has 0 aliphatic rings. The van der Waals surface area contributed by atoms with Gasteiger partial charge < -0.3 is 9.47 Å². The highest BCUT2D eigenvalue weighted by molar-refractivity contribution is 5.44. The Morgan fingerprint density at radius 2 is 2.00 bits per heavy atom. The molecule has 0 aromatic heterocycles. The summed E-state index contributed by atoms with van der Waals surface area (Å²) in [5.74, 6) is 1.65. The van der Waals surface area contributed by atoms with Crippen molar-refractivity contribution in [2.75, 3.05) is 7.11 Å². The lowest BCUT2D eigenvalue weighted by molar-refractivity contribution is 0.239. The van der Waals surface area contributed by atoms with Gasteiger partial charge in [0.2, 0.25) is 0 Å². The average molecular weight is 219 g/mol. The molecule has 1 aromatic carbocycles. The van der Waals surface area contributed by atoms with Crippen LogP contribution in [0.4, 0.5) is 0 Å². The SMILES string of the molecule is [CH2]C(C=C)c1cc(OC)ccc1OC(C)C. The minimum absolute atomic E-state index is 0.00356. The molecular formula is C14H19O2. The maximum absolute atomic E-state index is 5.72. The van der Waals surface area contributed by atoms with Crippen LogP contribution in [0, 0.1) is 6.92 Å². The topological polar surface area (TPSA) is 18.5 Å². The van der Waals surface area contributed by atoms with E-state index in [1.165, 1.54) is 0 Å². The maximum atomic E-state index is 5.72. The molecule has 0 aliphatic heterocycles. The lowest BCUT2D eigenvalue weighted by Gasteiger charge is -2.17. The van der Waals surface area contributed by atoms with Crippen LogP contribution in [-0.2, 0) is 0 Å². The van der Waals surface area contributed by atoms with Crippen LogP contribution in [-0.4, -0.2) is 13.2 Å². The number of benzene rings is 1. The zero-order valence-corrected chi connectivity index (χ0v) is 10.2. The highest BCUT2D eigenvalue weighted by Gasteiger charge is 2.11. The van der Waals surface area contributed by atoms with Crippen LogP contribution >= 0.6 is 0 Å². The van der Waals surface area contributed by atoms with E-state index < -0.39 is 0 Å². The second kappa shape index (κ2) is 5.59.